The smallest absolute Gasteiger partial charge is 0.0674 e. The van der Waals surface area contributed by atoms with Gasteiger partial charge in [0.1, 0.15) is 0 Å². The molecule has 0 aliphatic rings. The van der Waals surface area contributed by atoms with E-state index in [1.54, 1.807) is 0 Å². The Labute approximate surface area is 77.2 Å². The molecular formula is C10H13N3. The molecule has 1 aromatic heterocycles. The van der Waals surface area contributed by atoms with Gasteiger partial charge in [-0.15, -0.1) is 0 Å². The highest BCUT2D eigenvalue weighted by molar-refractivity contribution is 5.93. The molecule has 0 radical (unpaired) electrons. The number of fused-ring (bicyclic) bond motifs is 1. The molecule has 68 valence electrons. The van der Waals surface area contributed by atoms with E-state index in [1.807, 2.05) is 13.2 Å². The molecule has 0 spiro atoms. The predicted molar refractivity (Wildman–Crippen MR) is 55.1 cm³/mol. The third kappa shape index (κ3) is 1.08. The van der Waals surface area contributed by atoms with Crippen LogP contribution in [0.1, 0.15) is 11.1 Å². The number of benzene rings is 1. The summed E-state index contributed by atoms with van der Waals surface area (Å²) in [5, 5.41) is 11.4. The monoisotopic (exact) mass is 175 g/mol. The molecule has 2 aromatic rings. The molecule has 1 aromatic carbocycles. The maximum absolute atomic E-state index is 4.03. The SMILES string of the molecule is CNc1c(C)c(C)cc2[nH]ncc12. The van der Waals surface area contributed by atoms with E-state index < -0.39 is 0 Å². The Bertz CT molecular complexity index is 443. The molecule has 0 unspecified atom stereocenters. The minimum absolute atomic E-state index is 1.09. The van der Waals surface area contributed by atoms with Crippen molar-refractivity contribution in [3.05, 3.63) is 23.4 Å². The fourth-order valence-electron chi connectivity index (χ4n) is 1.65. The van der Waals surface area contributed by atoms with Crippen LogP contribution in [0.15, 0.2) is 12.3 Å². The molecule has 2 N–H and O–H groups in total. The highest BCUT2D eigenvalue weighted by Gasteiger charge is 2.06. The first-order chi connectivity index (χ1) is 6.24. The molecule has 2 rings (SSSR count). The number of aromatic nitrogens is 2. The summed E-state index contributed by atoms with van der Waals surface area (Å²) >= 11 is 0. The molecule has 0 aliphatic heterocycles. The lowest BCUT2D eigenvalue weighted by atomic mass is 10.0. The van der Waals surface area contributed by atoms with Crippen molar-refractivity contribution < 1.29 is 0 Å². The highest BCUT2D eigenvalue weighted by atomic mass is 15.1. The van der Waals surface area contributed by atoms with Crippen molar-refractivity contribution in [3.63, 3.8) is 0 Å². The summed E-state index contributed by atoms with van der Waals surface area (Å²) < 4.78 is 0. The van der Waals surface area contributed by atoms with Gasteiger partial charge in [0.05, 0.1) is 11.7 Å². The zero-order valence-corrected chi connectivity index (χ0v) is 8.10. The van der Waals surface area contributed by atoms with Crippen molar-refractivity contribution in [2.75, 3.05) is 12.4 Å². The van der Waals surface area contributed by atoms with Crippen LogP contribution in [0.4, 0.5) is 5.69 Å². The lowest BCUT2D eigenvalue weighted by molar-refractivity contribution is 1.12. The van der Waals surface area contributed by atoms with Gasteiger partial charge < -0.3 is 5.32 Å². The van der Waals surface area contributed by atoms with Gasteiger partial charge >= 0.3 is 0 Å². The number of nitrogens with one attached hydrogen (secondary N) is 2. The number of anilines is 1. The van der Waals surface area contributed by atoms with Crippen molar-refractivity contribution in [3.8, 4) is 0 Å². The van der Waals surface area contributed by atoms with Crippen molar-refractivity contribution in [2.45, 2.75) is 13.8 Å². The summed E-state index contributed by atoms with van der Waals surface area (Å²) in [6.07, 6.45) is 1.85. The maximum Gasteiger partial charge on any atom is 0.0674 e. The quantitative estimate of drug-likeness (QED) is 0.697. The highest BCUT2D eigenvalue weighted by Crippen LogP contribution is 2.27. The summed E-state index contributed by atoms with van der Waals surface area (Å²) in [4.78, 5) is 0. The molecule has 0 aliphatic carbocycles. The third-order valence-corrected chi connectivity index (χ3v) is 2.52. The Morgan fingerprint density at radius 2 is 2.15 bits per heavy atom. The average molecular weight is 175 g/mol. The standard InChI is InChI=1S/C10H13N3/c1-6-4-9-8(5-12-13-9)10(11-3)7(6)2/h4-5,11H,1-3H3,(H,12,13). The number of rotatable bonds is 1. The zero-order chi connectivity index (χ0) is 9.42. The topological polar surface area (TPSA) is 40.7 Å². The van der Waals surface area contributed by atoms with Gasteiger partial charge in [0.15, 0.2) is 0 Å². The first kappa shape index (κ1) is 8.10. The van der Waals surface area contributed by atoms with E-state index in [0.717, 1.165) is 10.9 Å². The molecule has 13 heavy (non-hydrogen) atoms. The Morgan fingerprint density at radius 3 is 2.85 bits per heavy atom. The number of H-pyrrole nitrogens is 1. The van der Waals surface area contributed by atoms with E-state index >= 15 is 0 Å². The van der Waals surface area contributed by atoms with Crippen molar-refractivity contribution in [1.29, 1.82) is 0 Å². The van der Waals surface area contributed by atoms with Gasteiger partial charge in [0.2, 0.25) is 0 Å². The van der Waals surface area contributed by atoms with Crippen LogP contribution in [0.2, 0.25) is 0 Å². The number of aryl methyl sites for hydroxylation is 1. The van der Waals surface area contributed by atoms with E-state index in [9.17, 15) is 0 Å². The molecule has 1 heterocycles. The maximum atomic E-state index is 4.03. The summed E-state index contributed by atoms with van der Waals surface area (Å²) in [6.45, 7) is 4.23. The van der Waals surface area contributed by atoms with E-state index in [4.69, 9.17) is 0 Å². The van der Waals surface area contributed by atoms with Crippen LogP contribution in [0.5, 0.6) is 0 Å². The molecule has 0 amide bonds. The summed E-state index contributed by atoms with van der Waals surface area (Å²) in [6, 6.07) is 2.12. The van der Waals surface area contributed by atoms with Crippen LogP contribution < -0.4 is 5.32 Å². The van der Waals surface area contributed by atoms with Crippen molar-refractivity contribution in [2.24, 2.45) is 0 Å². The molecule has 3 heteroatoms. The van der Waals surface area contributed by atoms with Gasteiger partial charge in [0.25, 0.3) is 0 Å². The Hall–Kier alpha value is -1.51. The van der Waals surface area contributed by atoms with E-state index in [1.165, 1.54) is 16.8 Å². The summed E-state index contributed by atoms with van der Waals surface area (Å²) in [5.41, 5.74) is 4.83. The van der Waals surface area contributed by atoms with Gasteiger partial charge in [-0.25, -0.2) is 0 Å². The molecule has 0 atom stereocenters. The molecule has 0 bridgehead atoms. The van der Waals surface area contributed by atoms with Crippen LogP contribution in [-0.2, 0) is 0 Å². The largest absolute Gasteiger partial charge is 0.387 e. The van der Waals surface area contributed by atoms with Crippen LogP contribution in [0.25, 0.3) is 10.9 Å². The van der Waals surface area contributed by atoms with E-state index in [0.29, 0.717) is 0 Å². The van der Waals surface area contributed by atoms with Crippen molar-refractivity contribution in [1.82, 2.24) is 10.2 Å². The average Bonchev–Trinajstić information content (AvgIpc) is 2.54. The molecular weight excluding hydrogens is 162 g/mol. The van der Waals surface area contributed by atoms with Gasteiger partial charge in [-0.05, 0) is 31.0 Å². The molecule has 0 saturated heterocycles. The van der Waals surface area contributed by atoms with Gasteiger partial charge in [-0.3, -0.25) is 5.10 Å². The van der Waals surface area contributed by atoms with Gasteiger partial charge in [-0.2, -0.15) is 5.10 Å². The van der Waals surface area contributed by atoms with E-state index in [-0.39, 0.29) is 0 Å². The Balaban J connectivity index is 2.87. The lowest BCUT2D eigenvalue weighted by Crippen LogP contribution is -1.94. The summed E-state index contributed by atoms with van der Waals surface area (Å²) in [7, 11) is 1.94. The van der Waals surface area contributed by atoms with Crippen molar-refractivity contribution >= 4 is 16.6 Å². The zero-order valence-electron chi connectivity index (χ0n) is 8.10. The molecule has 3 nitrogen and oxygen atoms in total. The number of hydrogen-bond acceptors (Lipinski definition) is 2. The fraction of sp³-hybridized carbons (Fsp3) is 0.300. The first-order valence-corrected chi connectivity index (χ1v) is 4.35. The van der Waals surface area contributed by atoms with Gasteiger partial charge in [0, 0.05) is 18.1 Å². The minimum Gasteiger partial charge on any atom is -0.387 e. The molecule has 0 fully saturated rings. The minimum atomic E-state index is 1.09. The number of hydrogen-bond donors (Lipinski definition) is 2. The second-order valence-corrected chi connectivity index (χ2v) is 3.27. The predicted octanol–water partition coefficient (Wildman–Crippen LogP) is 2.22. The Kier molecular flexibility index (Phi) is 1.72. The lowest BCUT2D eigenvalue weighted by Gasteiger charge is -2.08. The number of nitrogens with zero attached hydrogens (tertiary/aromatic N) is 1. The van der Waals surface area contributed by atoms with E-state index in [2.05, 4.69) is 35.4 Å². The fourth-order valence-corrected chi connectivity index (χ4v) is 1.65. The first-order valence-electron chi connectivity index (χ1n) is 4.35. The third-order valence-electron chi connectivity index (χ3n) is 2.52. The second kappa shape index (κ2) is 2.76. The summed E-state index contributed by atoms with van der Waals surface area (Å²) in [5.74, 6) is 0. The van der Waals surface area contributed by atoms with Crippen LogP contribution in [-0.4, -0.2) is 17.2 Å². The van der Waals surface area contributed by atoms with Crippen LogP contribution in [0, 0.1) is 13.8 Å². The van der Waals surface area contributed by atoms with Crippen LogP contribution in [0.3, 0.4) is 0 Å². The Morgan fingerprint density at radius 1 is 1.38 bits per heavy atom. The molecule has 0 saturated carbocycles. The normalized spacial score (nSPS) is 10.7. The van der Waals surface area contributed by atoms with Crippen LogP contribution >= 0.6 is 0 Å². The number of aromatic amines is 1. The second-order valence-electron chi connectivity index (χ2n) is 3.27. The van der Waals surface area contributed by atoms with Gasteiger partial charge in [-0.1, -0.05) is 0 Å².